The van der Waals surface area contributed by atoms with Crippen LogP contribution in [0.15, 0.2) is 47.5 Å². The lowest BCUT2D eigenvalue weighted by atomic mass is 9.99. The summed E-state index contributed by atoms with van der Waals surface area (Å²) in [4.78, 5) is 4.38. The molecule has 1 unspecified atom stereocenters. The van der Waals surface area contributed by atoms with Gasteiger partial charge in [-0.3, -0.25) is 0 Å². The summed E-state index contributed by atoms with van der Waals surface area (Å²) in [6, 6.07) is 10.5. The summed E-state index contributed by atoms with van der Waals surface area (Å²) in [6.07, 6.45) is 1.80. The molecule has 0 bridgehead atoms. The molecule has 3 nitrogen and oxygen atoms in total. The summed E-state index contributed by atoms with van der Waals surface area (Å²) in [6.45, 7) is 0. The first kappa shape index (κ1) is 16.7. The van der Waals surface area contributed by atoms with Gasteiger partial charge in [0.15, 0.2) is 0 Å². The highest BCUT2D eigenvalue weighted by atomic mass is 32.2. The topological polar surface area (TPSA) is 45.2 Å². The van der Waals surface area contributed by atoms with Gasteiger partial charge in [-0.05, 0) is 29.8 Å². The number of fused-ring (bicyclic) bond motifs is 1. The molecule has 3 aromatic rings. The van der Waals surface area contributed by atoms with Gasteiger partial charge in [-0.25, -0.2) is 13.8 Å². The fraction of sp³-hybridized carbons (Fsp3) is 0.167. The number of nitrogens with zero attached hydrogens (tertiary/aromatic N) is 1. The fourth-order valence-electron chi connectivity index (χ4n) is 2.62. The molecule has 124 valence electrons. The third-order valence-corrected chi connectivity index (χ3v) is 4.63. The van der Waals surface area contributed by atoms with Crippen LogP contribution in [0.4, 0.5) is 8.78 Å². The minimum Gasteiger partial charge on any atom is -0.610 e. The van der Waals surface area contributed by atoms with Crippen LogP contribution in [0.5, 0.6) is 5.75 Å². The molecule has 0 aliphatic rings. The van der Waals surface area contributed by atoms with Gasteiger partial charge in [-0.15, -0.1) is 0 Å². The number of rotatable bonds is 4. The van der Waals surface area contributed by atoms with Crippen molar-refractivity contribution in [1.82, 2.24) is 4.98 Å². The van der Waals surface area contributed by atoms with Crippen molar-refractivity contribution in [3.63, 3.8) is 0 Å². The predicted molar refractivity (Wildman–Crippen MR) is 89.8 cm³/mol. The standard InChI is InChI=1S/C18H15F2NO2S/c1-23-17-7-6-16-13(5-8-18(21-16)24(2)22)14(17)9-11-3-4-12(19)10-15(11)20/h3-8,10H,9H2,1-2H3. The number of benzene rings is 2. The summed E-state index contributed by atoms with van der Waals surface area (Å²) >= 11 is -1.19. The molecule has 0 amide bonds. The maximum absolute atomic E-state index is 14.0. The van der Waals surface area contributed by atoms with E-state index in [9.17, 15) is 13.3 Å². The van der Waals surface area contributed by atoms with Crippen LogP contribution in [-0.4, -0.2) is 22.9 Å². The maximum Gasteiger partial charge on any atom is 0.244 e. The summed E-state index contributed by atoms with van der Waals surface area (Å²) in [5.41, 5.74) is 1.77. The second-order valence-electron chi connectivity index (χ2n) is 5.33. The van der Waals surface area contributed by atoms with Crippen molar-refractivity contribution in [2.45, 2.75) is 11.4 Å². The van der Waals surface area contributed by atoms with E-state index in [-0.39, 0.29) is 6.42 Å². The van der Waals surface area contributed by atoms with Crippen LogP contribution in [0.25, 0.3) is 10.9 Å². The molecule has 0 spiro atoms. The van der Waals surface area contributed by atoms with Gasteiger partial charge in [0.05, 0.1) is 12.6 Å². The van der Waals surface area contributed by atoms with Crippen molar-refractivity contribution >= 4 is 22.1 Å². The molecule has 0 fully saturated rings. The Morgan fingerprint density at radius 1 is 1.12 bits per heavy atom. The number of hydrogen-bond acceptors (Lipinski definition) is 3. The van der Waals surface area contributed by atoms with Crippen LogP contribution in [0.3, 0.4) is 0 Å². The monoisotopic (exact) mass is 347 g/mol. The van der Waals surface area contributed by atoms with Crippen LogP contribution in [0.1, 0.15) is 11.1 Å². The first-order valence-corrected chi connectivity index (χ1v) is 8.79. The van der Waals surface area contributed by atoms with Crippen molar-refractivity contribution in [2.75, 3.05) is 13.4 Å². The number of methoxy groups -OCH3 is 1. The van der Waals surface area contributed by atoms with Gasteiger partial charge in [0.1, 0.15) is 23.6 Å². The molecule has 1 heterocycles. The van der Waals surface area contributed by atoms with E-state index in [0.29, 0.717) is 21.9 Å². The largest absolute Gasteiger partial charge is 0.610 e. The van der Waals surface area contributed by atoms with E-state index >= 15 is 0 Å². The van der Waals surface area contributed by atoms with Crippen LogP contribution in [0.2, 0.25) is 0 Å². The number of halogens is 2. The van der Waals surface area contributed by atoms with Crippen LogP contribution >= 0.6 is 0 Å². The number of ether oxygens (including phenoxy) is 1. The van der Waals surface area contributed by atoms with E-state index in [0.717, 1.165) is 17.0 Å². The Bertz CT molecular complexity index is 900. The molecule has 1 aromatic heterocycles. The lowest BCUT2D eigenvalue weighted by molar-refractivity contribution is 0.411. The van der Waals surface area contributed by atoms with Crippen molar-refractivity contribution in [1.29, 1.82) is 0 Å². The average molecular weight is 347 g/mol. The molecule has 24 heavy (non-hydrogen) atoms. The van der Waals surface area contributed by atoms with E-state index in [1.54, 1.807) is 30.5 Å². The van der Waals surface area contributed by atoms with Crippen molar-refractivity contribution in [3.8, 4) is 5.75 Å². The Kier molecular flexibility index (Phi) is 4.69. The molecule has 1 atom stereocenters. The van der Waals surface area contributed by atoms with Gasteiger partial charge in [-0.1, -0.05) is 6.07 Å². The number of aromatic nitrogens is 1. The van der Waals surface area contributed by atoms with Crippen molar-refractivity contribution in [3.05, 3.63) is 65.2 Å². The van der Waals surface area contributed by atoms with Crippen LogP contribution < -0.4 is 4.74 Å². The molecular weight excluding hydrogens is 332 g/mol. The van der Waals surface area contributed by atoms with E-state index in [2.05, 4.69) is 4.98 Å². The minimum atomic E-state index is -1.19. The lowest BCUT2D eigenvalue weighted by Crippen LogP contribution is -2.02. The van der Waals surface area contributed by atoms with Gasteiger partial charge in [0.25, 0.3) is 0 Å². The average Bonchev–Trinajstić information content (AvgIpc) is 2.56. The molecular formula is C18H15F2NO2S. The fourth-order valence-corrected chi connectivity index (χ4v) is 3.10. The van der Waals surface area contributed by atoms with Crippen LogP contribution in [-0.2, 0) is 17.6 Å². The SMILES string of the molecule is COc1ccc2nc([S+](C)[O-])ccc2c1Cc1ccc(F)cc1F. The Morgan fingerprint density at radius 2 is 1.92 bits per heavy atom. The zero-order valence-electron chi connectivity index (χ0n) is 13.2. The van der Waals surface area contributed by atoms with E-state index in [1.165, 1.54) is 19.2 Å². The first-order valence-electron chi connectivity index (χ1n) is 7.23. The summed E-state index contributed by atoms with van der Waals surface area (Å²) in [7, 11) is 1.54. The molecule has 6 heteroatoms. The summed E-state index contributed by atoms with van der Waals surface area (Å²) in [5.74, 6) is -0.621. The molecule has 0 N–H and O–H groups in total. The second kappa shape index (κ2) is 6.75. The van der Waals surface area contributed by atoms with Crippen molar-refractivity contribution in [2.24, 2.45) is 0 Å². The van der Waals surface area contributed by atoms with Gasteiger partial charge >= 0.3 is 0 Å². The Hall–Kier alpha value is -2.18. The maximum atomic E-state index is 14.0. The molecule has 0 aliphatic carbocycles. The Morgan fingerprint density at radius 3 is 2.58 bits per heavy atom. The Labute approximate surface area is 141 Å². The highest BCUT2D eigenvalue weighted by Crippen LogP contribution is 2.30. The third kappa shape index (κ3) is 3.20. The normalized spacial score (nSPS) is 12.4. The first-order chi connectivity index (χ1) is 11.5. The highest BCUT2D eigenvalue weighted by molar-refractivity contribution is 7.90. The second-order valence-corrected chi connectivity index (χ2v) is 6.66. The number of hydrogen-bond donors (Lipinski definition) is 0. The van der Waals surface area contributed by atoms with Crippen LogP contribution in [0, 0.1) is 11.6 Å². The highest BCUT2D eigenvalue weighted by Gasteiger charge is 2.15. The van der Waals surface area contributed by atoms with Gasteiger partial charge < -0.3 is 9.29 Å². The zero-order chi connectivity index (χ0) is 17.3. The molecule has 0 radical (unpaired) electrons. The summed E-state index contributed by atoms with van der Waals surface area (Å²) < 4.78 is 44.1. The summed E-state index contributed by atoms with van der Waals surface area (Å²) in [5, 5.41) is 1.26. The minimum absolute atomic E-state index is 0.239. The number of pyridine rings is 1. The molecule has 0 saturated heterocycles. The molecule has 0 aliphatic heterocycles. The van der Waals surface area contributed by atoms with E-state index in [1.807, 2.05) is 0 Å². The Balaban J connectivity index is 2.13. The predicted octanol–water partition coefficient (Wildman–Crippen LogP) is 3.85. The van der Waals surface area contributed by atoms with Gasteiger partial charge in [0.2, 0.25) is 5.03 Å². The van der Waals surface area contributed by atoms with E-state index in [4.69, 9.17) is 4.74 Å². The quantitative estimate of drug-likeness (QED) is 0.674. The van der Waals surface area contributed by atoms with E-state index < -0.39 is 22.8 Å². The lowest BCUT2D eigenvalue weighted by Gasteiger charge is -2.13. The molecule has 3 rings (SSSR count). The zero-order valence-corrected chi connectivity index (χ0v) is 14.0. The van der Waals surface area contributed by atoms with Crippen molar-refractivity contribution < 1.29 is 18.1 Å². The van der Waals surface area contributed by atoms with Gasteiger partial charge in [-0.2, -0.15) is 0 Å². The molecule has 0 saturated carbocycles. The molecule has 2 aromatic carbocycles. The smallest absolute Gasteiger partial charge is 0.244 e. The third-order valence-electron chi connectivity index (χ3n) is 3.81. The van der Waals surface area contributed by atoms with Gasteiger partial charge in [0, 0.05) is 40.7 Å².